The van der Waals surface area contributed by atoms with Crippen molar-refractivity contribution in [2.24, 2.45) is 0 Å². The zero-order valence-corrected chi connectivity index (χ0v) is 14.8. The Balaban J connectivity index is 2.02. The SMILES string of the molecule is Fc1c(F)c(F)c(-c2cc(-c3ccccc3)cc(-c3ccccc3)n2)c(F)c1F. The molecule has 1 nitrogen and oxygen atoms in total. The molecule has 0 bridgehead atoms. The number of nitrogens with zero attached hydrogens (tertiary/aromatic N) is 1. The zero-order chi connectivity index (χ0) is 20.5. The quantitative estimate of drug-likeness (QED) is 0.211. The van der Waals surface area contributed by atoms with E-state index in [4.69, 9.17) is 0 Å². The summed E-state index contributed by atoms with van der Waals surface area (Å²) in [6.45, 7) is 0. The van der Waals surface area contributed by atoms with Crippen LogP contribution in [0.3, 0.4) is 0 Å². The van der Waals surface area contributed by atoms with Gasteiger partial charge in [0.15, 0.2) is 23.3 Å². The molecule has 0 saturated carbocycles. The number of pyridine rings is 1. The van der Waals surface area contributed by atoms with Crippen molar-refractivity contribution in [3.05, 3.63) is 102 Å². The van der Waals surface area contributed by atoms with Crippen LogP contribution in [-0.2, 0) is 0 Å². The van der Waals surface area contributed by atoms with Gasteiger partial charge < -0.3 is 0 Å². The van der Waals surface area contributed by atoms with Crippen LogP contribution in [0.2, 0.25) is 0 Å². The molecule has 6 heteroatoms. The van der Waals surface area contributed by atoms with E-state index < -0.39 is 34.6 Å². The first kappa shape index (κ1) is 18.8. The fraction of sp³-hybridized carbons (Fsp3) is 0. The van der Waals surface area contributed by atoms with Gasteiger partial charge in [-0.1, -0.05) is 60.7 Å². The molecular formula is C23H12F5N. The minimum atomic E-state index is -2.20. The molecule has 29 heavy (non-hydrogen) atoms. The molecule has 1 aromatic heterocycles. The lowest BCUT2D eigenvalue weighted by Gasteiger charge is -2.12. The number of hydrogen-bond acceptors (Lipinski definition) is 1. The maximum absolute atomic E-state index is 14.4. The molecule has 0 spiro atoms. The molecular weight excluding hydrogens is 385 g/mol. The minimum Gasteiger partial charge on any atom is -0.248 e. The minimum absolute atomic E-state index is 0.339. The molecule has 0 aliphatic carbocycles. The second-order valence-corrected chi connectivity index (χ2v) is 6.30. The van der Waals surface area contributed by atoms with Gasteiger partial charge in [-0.3, -0.25) is 0 Å². The van der Waals surface area contributed by atoms with Gasteiger partial charge in [-0.2, -0.15) is 0 Å². The Morgan fingerprint density at radius 3 is 1.45 bits per heavy atom. The Hall–Kier alpha value is -3.54. The van der Waals surface area contributed by atoms with Gasteiger partial charge in [-0.15, -0.1) is 0 Å². The molecule has 0 amide bonds. The molecule has 4 aromatic rings. The third-order valence-electron chi connectivity index (χ3n) is 4.47. The van der Waals surface area contributed by atoms with Crippen LogP contribution in [0.15, 0.2) is 72.8 Å². The van der Waals surface area contributed by atoms with Gasteiger partial charge in [0.2, 0.25) is 5.82 Å². The molecule has 0 unspecified atom stereocenters. The Morgan fingerprint density at radius 1 is 0.448 bits per heavy atom. The molecule has 0 radical (unpaired) electrons. The average molecular weight is 397 g/mol. The Morgan fingerprint density at radius 2 is 0.897 bits per heavy atom. The van der Waals surface area contributed by atoms with Crippen molar-refractivity contribution in [2.45, 2.75) is 0 Å². The van der Waals surface area contributed by atoms with E-state index in [9.17, 15) is 22.0 Å². The standard InChI is InChI=1S/C23H12F5N/c24-19-18(20(25)22(27)23(28)21(19)26)17-12-15(13-7-3-1-4-8-13)11-16(29-17)14-9-5-2-6-10-14/h1-12H. The molecule has 0 fully saturated rings. The predicted molar refractivity (Wildman–Crippen MR) is 100 cm³/mol. The Labute approximate surface area is 163 Å². The fourth-order valence-electron chi connectivity index (χ4n) is 3.04. The fourth-order valence-corrected chi connectivity index (χ4v) is 3.04. The maximum Gasteiger partial charge on any atom is 0.200 e. The highest BCUT2D eigenvalue weighted by Crippen LogP contribution is 2.35. The molecule has 0 aliphatic heterocycles. The van der Waals surface area contributed by atoms with Crippen LogP contribution in [0.25, 0.3) is 33.6 Å². The summed E-state index contributed by atoms with van der Waals surface area (Å²) in [7, 11) is 0. The number of halogens is 5. The summed E-state index contributed by atoms with van der Waals surface area (Å²) in [4.78, 5) is 4.20. The van der Waals surface area contributed by atoms with Crippen LogP contribution >= 0.6 is 0 Å². The predicted octanol–water partition coefficient (Wildman–Crippen LogP) is 6.78. The van der Waals surface area contributed by atoms with Crippen LogP contribution in [0.4, 0.5) is 22.0 Å². The second-order valence-electron chi connectivity index (χ2n) is 6.30. The van der Waals surface area contributed by atoms with E-state index in [1.54, 1.807) is 66.7 Å². The monoisotopic (exact) mass is 397 g/mol. The third-order valence-corrected chi connectivity index (χ3v) is 4.47. The van der Waals surface area contributed by atoms with Crippen LogP contribution < -0.4 is 0 Å². The lowest BCUT2D eigenvalue weighted by Crippen LogP contribution is -2.05. The molecule has 4 rings (SSSR count). The van der Waals surface area contributed by atoms with E-state index >= 15 is 0 Å². The summed E-state index contributed by atoms with van der Waals surface area (Å²) >= 11 is 0. The van der Waals surface area contributed by atoms with Crippen molar-refractivity contribution in [3.8, 4) is 33.6 Å². The lowest BCUT2D eigenvalue weighted by atomic mass is 9.99. The molecule has 1 heterocycles. The first-order valence-corrected chi connectivity index (χ1v) is 8.62. The highest BCUT2D eigenvalue weighted by atomic mass is 19.2. The van der Waals surface area contributed by atoms with Gasteiger partial charge >= 0.3 is 0 Å². The summed E-state index contributed by atoms with van der Waals surface area (Å²) in [5.41, 5.74) is 0.797. The molecule has 0 saturated heterocycles. The number of rotatable bonds is 3. The van der Waals surface area contributed by atoms with E-state index in [1.165, 1.54) is 6.07 Å². The highest BCUT2D eigenvalue weighted by molar-refractivity contribution is 5.77. The lowest BCUT2D eigenvalue weighted by molar-refractivity contribution is 0.381. The van der Waals surface area contributed by atoms with E-state index in [-0.39, 0.29) is 5.69 Å². The van der Waals surface area contributed by atoms with Crippen molar-refractivity contribution >= 4 is 0 Å². The summed E-state index contributed by atoms with van der Waals surface area (Å²) in [6, 6.07) is 20.7. The van der Waals surface area contributed by atoms with Crippen molar-refractivity contribution in [2.75, 3.05) is 0 Å². The Kier molecular flexibility index (Phi) is 4.84. The van der Waals surface area contributed by atoms with Crippen LogP contribution in [0.5, 0.6) is 0 Å². The number of hydrogen-bond donors (Lipinski definition) is 0. The number of aromatic nitrogens is 1. The van der Waals surface area contributed by atoms with E-state index in [2.05, 4.69) is 4.98 Å². The zero-order valence-electron chi connectivity index (χ0n) is 14.8. The van der Waals surface area contributed by atoms with Crippen molar-refractivity contribution in [3.63, 3.8) is 0 Å². The normalized spacial score (nSPS) is 10.9. The van der Waals surface area contributed by atoms with Gasteiger partial charge in [0, 0.05) is 5.56 Å². The van der Waals surface area contributed by atoms with Gasteiger partial charge in [-0.05, 0) is 23.3 Å². The number of benzene rings is 3. The summed E-state index contributed by atoms with van der Waals surface area (Å²) in [5.74, 6) is -10.1. The summed E-state index contributed by atoms with van der Waals surface area (Å²) in [5, 5.41) is 0. The molecule has 144 valence electrons. The van der Waals surface area contributed by atoms with Crippen LogP contribution in [0.1, 0.15) is 0 Å². The van der Waals surface area contributed by atoms with Crippen molar-refractivity contribution in [1.29, 1.82) is 0 Å². The largest absolute Gasteiger partial charge is 0.248 e. The molecule has 0 N–H and O–H groups in total. The maximum atomic E-state index is 14.4. The van der Waals surface area contributed by atoms with Gasteiger partial charge in [0.1, 0.15) is 0 Å². The van der Waals surface area contributed by atoms with E-state index in [1.807, 2.05) is 0 Å². The first-order valence-electron chi connectivity index (χ1n) is 8.62. The molecule has 0 atom stereocenters. The average Bonchev–Trinajstić information content (AvgIpc) is 2.77. The van der Waals surface area contributed by atoms with Crippen LogP contribution in [0, 0.1) is 29.1 Å². The van der Waals surface area contributed by atoms with Crippen LogP contribution in [-0.4, -0.2) is 4.98 Å². The molecule has 0 aliphatic rings. The summed E-state index contributed by atoms with van der Waals surface area (Å²) < 4.78 is 69.7. The van der Waals surface area contributed by atoms with Gasteiger partial charge in [0.05, 0.1) is 17.0 Å². The topological polar surface area (TPSA) is 12.9 Å². The summed E-state index contributed by atoms with van der Waals surface area (Å²) in [6.07, 6.45) is 0. The van der Waals surface area contributed by atoms with E-state index in [0.717, 1.165) is 0 Å². The van der Waals surface area contributed by atoms with Gasteiger partial charge in [-0.25, -0.2) is 26.9 Å². The van der Waals surface area contributed by atoms with Crippen molar-refractivity contribution in [1.82, 2.24) is 4.98 Å². The first-order chi connectivity index (χ1) is 14.0. The second kappa shape index (κ2) is 7.47. The smallest absolute Gasteiger partial charge is 0.200 e. The molecule has 3 aromatic carbocycles. The van der Waals surface area contributed by atoms with E-state index in [0.29, 0.717) is 22.4 Å². The van der Waals surface area contributed by atoms with Crippen molar-refractivity contribution < 1.29 is 22.0 Å². The van der Waals surface area contributed by atoms with Gasteiger partial charge in [0.25, 0.3) is 0 Å². The third kappa shape index (κ3) is 3.38. The highest BCUT2D eigenvalue weighted by Gasteiger charge is 2.27. The Bertz CT molecular complexity index is 1100.